The highest BCUT2D eigenvalue weighted by molar-refractivity contribution is 6.30. The van der Waals surface area contributed by atoms with E-state index in [4.69, 9.17) is 16.3 Å². The summed E-state index contributed by atoms with van der Waals surface area (Å²) in [5.74, 6) is 0. The largest absolute Gasteiger partial charge is 0.453 e. The standard InChI is InChI=1S/C15H20ClN3O3/c1-11-10-12(16)4-5-13(11)17-14(20)18-6-3-7-19(9-8-18)15(21)22-2/h4-5,10H,3,6-9H2,1-2H3,(H,17,20). The van der Waals surface area contributed by atoms with Crippen LogP contribution in [-0.2, 0) is 4.74 Å². The predicted octanol–water partition coefficient (Wildman–Crippen LogP) is 2.95. The van der Waals surface area contributed by atoms with Gasteiger partial charge in [-0.05, 0) is 37.1 Å². The van der Waals surface area contributed by atoms with Crippen molar-refractivity contribution in [3.05, 3.63) is 28.8 Å². The fraction of sp³-hybridized carbons (Fsp3) is 0.467. The van der Waals surface area contributed by atoms with Crippen molar-refractivity contribution in [3.8, 4) is 0 Å². The second-order valence-corrected chi connectivity index (χ2v) is 5.62. The molecule has 0 spiro atoms. The van der Waals surface area contributed by atoms with E-state index in [2.05, 4.69) is 5.32 Å². The second kappa shape index (κ2) is 7.35. The number of nitrogens with zero attached hydrogens (tertiary/aromatic N) is 2. The molecular formula is C15H20ClN3O3. The maximum Gasteiger partial charge on any atom is 0.409 e. The van der Waals surface area contributed by atoms with Gasteiger partial charge in [-0.3, -0.25) is 0 Å². The van der Waals surface area contributed by atoms with Crippen LogP contribution in [0, 0.1) is 6.92 Å². The van der Waals surface area contributed by atoms with Gasteiger partial charge in [0.1, 0.15) is 0 Å². The lowest BCUT2D eigenvalue weighted by Gasteiger charge is -2.22. The monoisotopic (exact) mass is 325 g/mol. The Kier molecular flexibility index (Phi) is 5.49. The number of methoxy groups -OCH3 is 1. The first-order chi connectivity index (χ1) is 10.5. The van der Waals surface area contributed by atoms with Gasteiger partial charge in [-0.2, -0.15) is 0 Å². The van der Waals surface area contributed by atoms with E-state index in [1.807, 2.05) is 6.92 Å². The molecule has 1 heterocycles. The lowest BCUT2D eigenvalue weighted by Crippen LogP contribution is -2.39. The van der Waals surface area contributed by atoms with E-state index in [-0.39, 0.29) is 12.1 Å². The molecule has 120 valence electrons. The van der Waals surface area contributed by atoms with Gasteiger partial charge in [0.2, 0.25) is 0 Å². The van der Waals surface area contributed by atoms with Crippen molar-refractivity contribution in [1.29, 1.82) is 0 Å². The van der Waals surface area contributed by atoms with E-state index in [0.29, 0.717) is 31.2 Å². The molecule has 0 aromatic heterocycles. The predicted molar refractivity (Wildman–Crippen MR) is 85.4 cm³/mol. The Bertz CT molecular complexity index is 565. The molecule has 3 amide bonds. The average Bonchev–Trinajstić information content (AvgIpc) is 2.75. The lowest BCUT2D eigenvalue weighted by molar-refractivity contribution is 0.125. The minimum Gasteiger partial charge on any atom is -0.453 e. The van der Waals surface area contributed by atoms with Crippen molar-refractivity contribution in [2.75, 3.05) is 38.6 Å². The van der Waals surface area contributed by atoms with Gasteiger partial charge in [-0.1, -0.05) is 11.6 Å². The number of halogens is 1. The third-order valence-corrected chi connectivity index (χ3v) is 3.88. The summed E-state index contributed by atoms with van der Waals surface area (Å²) < 4.78 is 4.72. The van der Waals surface area contributed by atoms with Gasteiger partial charge in [-0.25, -0.2) is 9.59 Å². The van der Waals surface area contributed by atoms with Gasteiger partial charge in [0.15, 0.2) is 0 Å². The van der Waals surface area contributed by atoms with Crippen molar-refractivity contribution in [1.82, 2.24) is 9.80 Å². The van der Waals surface area contributed by atoms with Crippen LogP contribution in [0.25, 0.3) is 0 Å². The number of nitrogens with one attached hydrogen (secondary N) is 1. The van der Waals surface area contributed by atoms with Crippen molar-refractivity contribution < 1.29 is 14.3 Å². The highest BCUT2D eigenvalue weighted by Crippen LogP contribution is 2.20. The average molecular weight is 326 g/mol. The van der Waals surface area contributed by atoms with Crippen LogP contribution in [0.2, 0.25) is 5.02 Å². The van der Waals surface area contributed by atoms with E-state index in [0.717, 1.165) is 17.7 Å². The van der Waals surface area contributed by atoms with E-state index in [1.165, 1.54) is 7.11 Å². The van der Waals surface area contributed by atoms with Gasteiger partial charge in [0, 0.05) is 36.9 Å². The molecule has 1 N–H and O–H groups in total. The number of carbonyl (C=O) groups excluding carboxylic acids is 2. The first kappa shape index (κ1) is 16.4. The summed E-state index contributed by atoms with van der Waals surface area (Å²) in [7, 11) is 1.36. The molecular weight excluding hydrogens is 306 g/mol. The van der Waals surface area contributed by atoms with Crippen LogP contribution in [0.3, 0.4) is 0 Å². The summed E-state index contributed by atoms with van der Waals surface area (Å²) >= 11 is 5.91. The first-order valence-electron chi connectivity index (χ1n) is 7.16. The number of amides is 3. The van der Waals surface area contributed by atoms with Crippen molar-refractivity contribution >= 4 is 29.4 Å². The molecule has 0 saturated carbocycles. The summed E-state index contributed by atoms with van der Waals surface area (Å²) in [6, 6.07) is 5.16. The fourth-order valence-electron chi connectivity index (χ4n) is 2.39. The van der Waals surface area contributed by atoms with Crippen LogP contribution in [-0.4, -0.2) is 55.2 Å². The maximum absolute atomic E-state index is 12.4. The third-order valence-electron chi connectivity index (χ3n) is 3.65. The highest BCUT2D eigenvalue weighted by atomic mass is 35.5. The summed E-state index contributed by atoms with van der Waals surface area (Å²) in [6.07, 6.45) is 0.373. The zero-order valence-corrected chi connectivity index (χ0v) is 13.5. The Morgan fingerprint density at radius 2 is 1.86 bits per heavy atom. The SMILES string of the molecule is COC(=O)N1CCCN(C(=O)Nc2ccc(Cl)cc2C)CC1. The van der Waals surface area contributed by atoms with Crippen LogP contribution >= 0.6 is 11.6 Å². The quantitative estimate of drug-likeness (QED) is 0.863. The third kappa shape index (κ3) is 4.04. The van der Waals surface area contributed by atoms with Crippen molar-refractivity contribution in [2.24, 2.45) is 0 Å². The normalized spacial score (nSPS) is 15.2. The van der Waals surface area contributed by atoms with Crippen molar-refractivity contribution in [2.45, 2.75) is 13.3 Å². The molecule has 1 aromatic rings. The van der Waals surface area contributed by atoms with Gasteiger partial charge < -0.3 is 19.9 Å². The zero-order chi connectivity index (χ0) is 16.1. The first-order valence-corrected chi connectivity index (χ1v) is 7.54. The maximum atomic E-state index is 12.4. The highest BCUT2D eigenvalue weighted by Gasteiger charge is 2.22. The number of benzene rings is 1. The summed E-state index contributed by atoms with van der Waals surface area (Å²) in [4.78, 5) is 27.2. The molecule has 6 nitrogen and oxygen atoms in total. The number of rotatable bonds is 1. The topological polar surface area (TPSA) is 61.9 Å². The molecule has 0 bridgehead atoms. The zero-order valence-electron chi connectivity index (χ0n) is 12.8. The molecule has 1 aliphatic rings. The molecule has 0 radical (unpaired) electrons. The van der Waals surface area contributed by atoms with E-state index < -0.39 is 0 Å². The molecule has 2 rings (SSSR count). The number of anilines is 1. The molecule has 0 atom stereocenters. The van der Waals surface area contributed by atoms with Crippen LogP contribution < -0.4 is 5.32 Å². The summed E-state index contributed by atoms with van der Waals surface area (Å²) in [6.45, 7) is 4.04. The minimum absolute atomic E-state index is 0.169. The molecule has 0 unspecified atom stereocenters. The van der Waals surface area contributed by atoms with Crippen LogP contribution in [0.15, 0.2) is 18.2 Å². The van der Waals surface area contributed by atoms with E-state index in [1.54, 1.807) is 28.0 Å². The van der Waals surface area contributed by atoms with Gasteiger partial charge in [0.25, 0.3) is 0 Å². The van der Waals surface area contributed by atoms with Gasteiger partial charge in [0.05, 0.1) is 7.11 Å². The minimum atomic E-state index is -0.351. The smallest absolute Gasteiger partial charge is 0.409 e. The Morgan fingerprint density at radius 3 is 2.55 bits per heavy atom. The molecule has 1 aromatic carbocycles. The fourth-order valence-corrected chi connectivity index (χ4v) is 2.62. The van der Waals surface area contributed by atoms with Crippen LogP contribution in [0.5, 0.6) is 0 Å². The van der Waals surface area contributed by atoms with Gasteiger partial charge >= 0.3 is 12.1 Å². The lowest BCUT2D eigenvalue weighted by atomic mass is 10.2. The number of hydrogen-bond acceptors (Lipinski definition) is 3. The number of urea groups is 1. The number of hydrogen-bond donors (Lipinski definition) is 1. The summed E-state index contributed by atoms with van der Waals surface area (Å²) in [5, 5.41) is 3.52. The molecule has 0 aliphatic carbocycles. The number of ether oxygens (including phenoxy) is 1. The Labute approximate surface area is 135 Å². The van der Waals surface area contributed by atoms with E-state index >= 15 is 0 Å². The molecule has 7 heteroatoms. The van der Waals surface area contributed by atoms with Crippen molar-refractivity contribution in [3.63, 3.8) is 0 Å². The molecule has 22 heavy (non-hydrogen) atoms. The summed E-state index contributed by atoms with van der Waals surface area (Å²) in [5.41, 5.74) is 1.65. The Hall–Kier alpha value is -1.95. The Morgan fingerprint density at radius 1 is 1.18 bits per heavy atom. The van der Waals surface area contributed by atoms with Gasteiger partial charge in [-0.15, -0.1) is 0 Å². The molecule has 1 aliphatic heterocycles. The molecule has 1 saturated heterocycles. The van der Waals surface area contributed by atoms with E-state index in [9.17, 15) is 9.59 Å². The second-order valence-electron chi connectivity index (χ2n) is 5.19. The number of carbonyl (C=O) groups is 2. The molecule has 1 fully saturated rings. The number of aryl methyl sites for hydroxylation is 1. The van der Waals surface area contributed by atoms with Crippen LogP contribution in [0.4, 0.5) is 15.3 Å². The Balaban J connectivity index is 1.96. The van der Waals surface area contributed by atoms with Crippen LogP contribution in [0.1, 0.15) is 12.0 Å².